The van der Waals surface area contributed by atoms with Crippen LogP contribution in [0.15, 0.2) is 12.2 Å². The van der Waals surface area contributed by atoms with Crippen LogP contribution in [0.5, 0.6) is 0 Å². The highest BCUT2D eigenvalue weighted by Gasteiger charge is 2.53. The van der Waals surface area contributed by atoms with Crippen molar-refractivity contribution >= 4 is 17.9 Å². The number of carbonyl (C=O) groups is 3. The molecule has 118 valence electrons. The van der Waals surface area contributed by atoms with Gasteiger partial charge < -0.3 is 18.9 Å². The van der Waals surface area contributed by atoms with Crippen LogP contribution >= 0.6 is 0 Å². The van der Waals surface area contributed by atoms with Crippen molar-refractivity contribution < 1.29 is 33.3 Å². The molecular formula is C14H20O7. The molecule has 0 aromatic carbocycles. The molecule has 0 bridgehead atoms. The third-order valence-electron chi connectivity index (χ3n) is 2.97. The quantitative estimate of drug-likeness (QED) is 0.312. The third kappa shape index (κ3) is 3.81. The zero-order chi connectivity index (χ0) is 16.0. The second-order valence-electron chi connectivity index (χ2n) is 4.56. The molecule has 0 aromatic heterocycles. The summed E-state index contributed by atoms with van der Waals surface area (Å²) in [5.41, 5.74) is -1.66. The van der Waals surface area contributed by atoms with E-state index in [4.69, 9.17) is 18.9 Å². The van der Waals surface area contributed by atoms with Crippen molar-refractivity contribution in [2.24, 2.45) is 5.41 Å². The number of esters is 3. The van der Waals surface area contributed by atoms with Crippen molar-refractivity contribution in [1.82, 2.24) is 0 Å². The molecule has 0 N–H and O–H groups in total. The van der Waals surface area contributed by atoms with E-state index < -0.39 is 35.7 Å². The molecule has 0 aromatic rings. The van der Waals surface area contributed by atoms with Crippen LogP contribution in [-0.2, 0) is 33.3 Å². The summed E-state index contributed by atoms with van der Waals surface area (Å²) in [5.74, 6) is -2.03. The van der Waals surface area contributed by atoms with E-state index in [-0.39, 0.29) is 13.2 Å². The zero-order valence-corrected chi connectivity index (χ0v) is 12.6. The maximum absolute atomic E-state index is 12.2. The van der Waals surface area contributed by atoms with Gasteiger partial charge in [0, 0.05) is 6.92 Å². The molecule has 1 aliphatic heterocycles. The highest BCUT2D eigenvalue weighted by molar-refractivity contribution is 6.00. The monoisotopic (exact) mass is 300 g/mol. The maximum Gasteiger partial charge on any atom is 0.326 e. The molecule has 1 rings (SSSR count). The lowest BCUT2D eigenvalue weighted by Gasteiger charge is -2.29. The molecule has 0 fully saturated rings. The Morgan fingerprint density at radius 2 is 1.62 bits per heavy atom. The highest BCUT2D eigenvalue weighted by atomic mass is 16.7. The first kappa shape index (κ1) is 17.2. The minimum absolute atomic E-state index is 0.123. The van der Waals surface area contributed by atoms with Crippen molar-refractivity contribution in [1.29, 1.82) is 0 Å². The Hall–Kier alpha value is -1.89. The van der Waals surface area contributed by atoms with Crippen LogP contribution in [0.1, 0.15) is 27.7 Å². The first-order chi connectivity index (χ1) is 9.86. The second kappa shape index (κ2) is 7.21. The van der Waals surface area contributed by atoms with E-state index >= 15 is 0 Å². The van der Waals surface area contributed by atoms with E-state index in [2.05, 4.69) is 0 Å². The minimum atomic E-state index is -1.66. The van der Waals surface area contributed by atoms with E-state index in [1.807, 2.05) is 0 Å². The van der Waals surface area contributed by atoms with Crippen molar-refractivity contribution in [3.63, 3.8) is 0 Å². The summed E-state index contributed by atoms with van der Waals surface area (Å²) in [7, 11) is 0. The van der Waals surface area contributed by atoms with Crippen LogP contribution in [0, 0.1) is 5.41 Å². The number of hydrogen-bond acceptors (Lipinski definition) is 7. The number of rotatable bonds is 6. The molecule has 7 heteroatoms. The standard InChI is InChI=1S/C14H20O7/c1-5-18-12(16)14(4,13(17)19-6-2)10-7-8-11(21-10)20-9(3)15/h7-8,10-11H,5-6H2,1-4H3/t10-,11?/m0/s1. The molecular weight excluding hydrogens is 280 g/mol. The number of ether oxygens (including phenoxy) is 4. The van der Waals surface area contributed by atoms with Gasteiger partial charge in [0.2, 0.25) is 6.29 Å². The summed E-state index contributed by atoms with van der Waals surface area (Å²) in [6.07, 6.45) is 1.08. The molecule has 2 atom stereocenters. The Bertz CT molecular complexity index is 423. The fourth-order valence-corrected chi connectivity index (χ4v) is 1.86. The van der Waals surface area contributed by atoms with Crippen LogP contribution in [0.25, 0.3) is 0 Å². The molecule has 0 spiro atoms. The summed E-state index contributed by atoms with van der Waals surface area (Å²) >= 11 is 0. The van der Waals surface area contributed by atoms with Gasteiger partial charge in [0.1, 0.15) is 6.10 Å². The van der Waals surface area contributed by atoms with Crippen molar-refractivity contribution in [3.8, 4) is 0 Å². The predicted octanol–water partition coefficient (Wildman–Crippen LogP) is 0.963. The molecule has 0 saturated carbocycles. The lowest BCUT2D eigenvalue weighted by atomic mass is 9.84. The van der Waals surface area contributed by atoms with Gasteiger partial charge in [0.05, 0.1) is 13.2 Å². The molecule has 0 radical (unpaired) electrons. The van der Waals surface area contributed by atoms with Crippen LogP contribution in [0.2, 0.25) is 0 Å². The molecule has 0 amide bonds. The summed E-state index contributed by atoms with van der Waals surface area (Å²) in [4.78, 5) is 35.2. The highest BCUT2D eigenvalue weighted by Crippen LogP contribution is 2.33. The average molecular weight is 300 g/mol. The van der Waals surface area contributed by atoms with Gasteiger partial charge in [-0.05, 0) is 26.8 Å². The fourth-order valence-electron chi connectivity index (χ4n) is 1.86. The van der Waals surface area contributed by atoms with Crippen LogP contribution in [0.3, 0.4) is 0 Å². The second-order valence-corrected chi connectivity index (χ2v) is 4.56. The normalized spacial score (nSPS) is 21.0. The van der Waals surface area contributed by atoms with Crippen LogP contribution in [0.4, 0.5) is 0 Å². The Labute approximate surface area is 123 Å². The summed E-state index contributed by atoms with van der Waals surface area (Å²) < 4.78 is 20.2. The Morgan fingerprint density at radius 3 is 2.05 bits per heavy atom. The Kier molecular flexibility index (Phi) is 5.90. The first-order valence-electron chi connectivity index (χ1n) is 6.71. The Morgan fingerprint density at radius 1 is 1.10 bits per heavy atom. The van der Waals surface area contributed by atoms with E-state index in [1.54, 1.807) is 13.8 Å². The van der Waals surface area contributed by atoms with Crippen molar-refractivity contribution in [2.75, 3.05) is 13.2 Å². The lowest BCUT2D eigenvalue weighted by molar-refractivity contribution is -0.192. The van der Waals surface area contributed by atoms with E-state index in [9.17, 15) is 14.4 Å². The molecule has 0 saturated heterocycles. The van der Waals surface area contributed by atoms with E-state index in [0.29, 0.717) is 0 Å². The van der Waals surface area contributed by atoms with E-state index in [1.165, 1.54) is 26.0 Å². The largest absolute Gasteiger partial charge is 0.465 e. The summed E-state index contributed by atoms with van der Waals surface area (Å²) in [6, 6.07) is 0. The zero-order valence-electron chi connectivity index (χ0n) is 12.6. The van der Waals surface area contributed by atoms with Crippen molar-refractivity contribution in [2.45, 2.75) is 40.1 Å². The molecule has 1 unspecified atom stereocenters. The topological polar surface area (TPSA) is 88.1 Å². The van der Waals surface area contributed by atoms with E-state index in [0.717, 1.165) is 0 Å². The first-order valence-corrected chi connectivity index (χ1v) is 6.71. The van der Waals surface area contributed by atoms with Gasteiger partial charge in [-0.1, -0.05) is 6.08 Å². The fraction of sp³-hybridized carbons (Fsp3) is 0.643. The molecule has 21 heavy (non-hydrogen) atoms. The SMILES string of the molecule is CCOC(=O)C(C)(C(=O)OCC)[C@@H]1C=CC(OC(C)=O)O1. The van der Waals surface area contributed by atoms with Crippen LogP contribution in [-0.4, -0.2) is 43.5 Å². The average Bonchev–Trinajstić information content (AvgIpc) is 2.86. The number of carbonyl (C=O) groups excluding carboxylic acids is 3. The minimum Gasteiger partial charge on any atom is -0.465 e. The van der Waals surface area contributed by atoms with Gasteiger partial charge in [0.25, 0.3) is 0 Å². The predicted molar refractivity (Wildman–Crippen MR) is 70.9 cm³/mol. The number of hydrogen-bond donors (Lipinski definition) is 0. The van der Waals surface area contributed by atoms with Gasteiger partial charge in [-0.2, -0.15) is 0 Å². The van der Waals surface area contributed by atoms with Gasteiger partial charge in [-0.15, -0.1) is 0 Å². The van der Waals surface area contributed by atoms with Gasteiger partial charge in [-0.3, -0.25) is 14.4 Å². The van der Waals surface area contributed by atoms with Gasteiger partial charge in [0.15, 0.2) is 5.41 Å². The molecule has 1 heterocycles. The summed E-state index contributed by atoms with van der Waals surface area (Å²) in [6.45, 7) is 6.14. The third-order valence-corrected chi connectivity index (χ3v) is 2.97. The van der Waals surface area contributed by atoms with Gasteiger partial charge >= 0.3 is 17.9 Å². The molecule has 7 nitrogen and oxygen atoms in total. The molecule has 0 aliphatic carbocycles. The molecule has 1 aliphatic rings. The summed E-state index contributed by atoms with van der Waals surface area (Å²) in [5, 5.41) is 0. The smallest absolute Gasteiger partial charge is 0.326 e. The maximum atomic E-state index is 12.2. The van der Waals surface area contributed by atoms with Crippen molar-refractivity contribution in [3.05, 3.63) is 12.2 Å². The Balaban J connectivity index is 2.93. The van der Waals surface area contributed by atoms with Crippen LogP contribution < -0.4 is 0 Å². The van der Waals surface area contributed by atoms with Gasteiger partial charge in [-0.25, -0.2) is 0 Å². The lowest BCUT2D eigenvalue weighted by Crippen LogP contribution is -2.48.